The van der Waals surface area contributed by atoms with Crippen LogP contribution in [0.5, 0.6) is 5.75 Å². The Morgan fingerprint density at radius 1 is 1.47 bits per heavy atom. The van der Waals surface area contributed by atoms with E-state index in [1.807, 2.05) is 12.1 Å². The quantitative estimate of drug-likeness (QED) is 0.850. The summed E-state index contributed by atoms with van der Waals surface area (Å²) in [6.07, 6.45) is 3.37. The molecule has 1 aliphatic rings. The largest absolute Gasteiger partial charge is 0.495 e. The van der Waals surface area contributed by atoms with E-state index in [1.165, 1.54) is 6.42 Å². The van der Waals surface area contributed by atoms with Crippen molar-refractivity contribution in [3.05, 3.63) is 23.2 Å². The molecule has 3 nitrogen and oxygen atoms in total. The van der Waals surface area contributed by atoms with Crippen LogP contribution < -0.4 is 10.1 Å². The normalized spacial score (nSPS) is 17.4. The summed E-state index contributed by atoms with van der Waals surface area (Å²) in [4.78, 5) is 0. The molecular formula is C13H18ClNO2. The molecular weight excluding hydrogens is 238 g/mol. The van der Waals surface area contributed by atoms with Gasteiger partial charge in [-0.15, -0.1) is 0 Å². The Kier molecular flexibility index (Phi) is 3.79. The maximum absolute atomic E-state index is 9.40. The van der Waals surface area contributed by atoms with E-state index in [0.717, 1.165) is 30.8 Å². The number of hydrogen-bond acceptors (Lipinski definition) is 3. The average Bonchev–Trinajstić information content (AvgIpc) is 2.28. The third-order valence-corrected chi connectivity index (χ3v) is 3.80. The predicted octanol–water partition coefficient (Wildman–Crippen LogP) is 2.92. The van der Waals surface area contributed by atoms with Crippen LogP contribution in [0.15, 0.2) is 18.2 Å². The highest BCUT2D eigenvalue weighted by Crippen LogP contribution is 2.41. The van der Waals surface area contributed by atoms with Crippen LogP contribution >= 0.6 is 11.6 Å². The summed E-state index contributed by atoms with van der Waals surface area (Å²) >= 11 is 5.96. The molecule has 1 aromatic rings. The number of benzene rings is 1. The molecule has 0 aliphatic heterocycles. The summed E-state index contributed by atoms with van der Waals surface area (Å²) in [5, 5.41) is 13.4. The molecule has 2 rings (SSSR count). The SMILES string of the molecule is COc1ccc(Cl)cc1NCC1(CO)CCC1. The fourth-order valence-electron chi connectivity index (χ4n) is 2.17. The number of aliphatic hydroxyl groups is 1. The van der Waals surface area contributed by atoms with Gasteiger partial charge >= 0.3 is 0 Å². The van der Waals surface area contributed by atoms with Crippen molar-refractivity contribution in [3.63, 3.8) is 0 Å². The van der Waals surface area contributed by atoms with Gasteiger partial charge < -0.3 is 15.2 Å². The zero-order chi connectivity index (χ0) is 12.3. The summed E-state index contributed by atoms with van der Waals surface area (Å²) in [6.45, 7) is 1.00. The number of hydrogen-bond donors (Lipinski definition) is 2. The molecule has 1 fully saturated rings. The minimum atomic E-state index is 0.0489. The number of rotatable bonds is 5. The van der Waals surface area contributed by atoms with Crippen LogP contribution in [0.25, 0.3) is 0 Å². The molecule has 0 spiro atoms. The summed E-state index contributed by atoms with van der Waals surface area (Å²) in [5.74, 6) is 0.779. The Bertz CT molecular complexity index is 385. The lowest BCUT2D eigenvalue weighted by atomic mass is 9.69. The van der Waals surface area contributed by atoms with Gasteiger partial charge in [-0.05, 0) is 31.0 Å². The van der Waals surface area contributed by atoms with Gasteiger partial charge in [-0.25, -0.2) is 0 Å². The van der Waals surface area contributed by atoms with Gasteiger partial charge in [-0.1, -0.05) is 18.0 Å². The average molecular weight is 256 g/mol. The molecule has 0 unspecified atom stereocenters. The van der Waals surface area contributed by atoms with E-state index in [4.69, 9.17) is 16.3 Å². The number of nitrogens with one attached hydrogen (secondary N) is 1. The minimum absolute atomic E-state index is 0.0489. The standard InChI is InChI=1S/C13H18ClNO2/c1-17-12-4-3-10(14)7-11(12)15-8-13(9-16)5-2-6-13/h3-4,7,15-16H,2,5-6,8-9H2,1H3. The second kappa shape index (κ2) is 5.15. The van der Waals surface area contributed by atoms with Crippen LogP contribution in [0.2, 0.25) is 5.02 Å². The molecule has 0 saturated heterocycles. The van der Waals surface area contributed by atoms with Crippen LogP contribution in [-0.4, -0.2) is 25.4 Å². The van der Waals surface area contributed by atoms with Gasteiger partial charge in [-0.2, -0.15) is 0 Å². The van der Waals surface area contributed by atoms with Crippen LogP contribution in [0.3, 0.4) is 0 Å². The van der Waals surface area contributed by atoms with Gasteiger partial charge in [0.1, 0.15) is 5.75 Å². The van der Waals surface area contributed by atoms with Gasteiger partial charge in [0.05, 0.1) is 19.4 Å². The van der Waals surface area contributed by atoms with Crippen molar-refractivity contribution in [2.24, 2.45) is 5.41 Å². The van der Waals surface area contributed by atoms with E-state index in [0.29, 0.717) is 5.02 Å². The molecule has 0 aromatic heterocycles. The fraction of sp³-hybridized carbons (Fsp3) is 0.538. The number of aliphatic hydroxyl groups excluding tert-OH is 1. The van der Waals surface area contributed by atoms with E-state index in [1.54, 1.807) is 13.2 Å². The van der Waals surface area contributed by atoms with Crippen LogP contribution in [-0.2, 0) is 0 Å². The van der Waals surface area contributed by atoms with E-state index in [2.05, 4.69) is 5.32 Å². The van der Waals surface area contributed by atoms with Crippen molar-refractivity contribution >= 4 is 17.3 Å². The summed E-state index contributed by atoms with van der Waals surface area (Å²) in [6, 6.07) is 5.50. The molecule has 1 aliphatic carbocycles. The lowest BCUT2D eigenvalue weighted by Gasteiger charge is -2.40. The first-order valence-corrected chi connectivity index (χ1v) is 6.25. The van der Waals surface area contributed by atoms with E-state index in [9.17, 15) is 5.11 Å². The van der Waals surface area contributed by atoms with Crippen molar-refractivity contribution in [2.75, 3.05) is 25.6 Å². The van der Waals surface area contributed by atoms with Crippen molar-refractivity contribution in [2.45, 2.75) is 19.3 Å². The molecule has 94 valence electrons. The van der Waals surface area contributed by atoms with Crippen molar-refractivity contribution < 1.29 is 9.84 Å². The first-order chi connectivity index (χ1) is 8.19. The fourth-order valence-corrected chi connectivity index (χ4v) is 2.34. The number of ether oxygens (including phenoxy) is 1. The Labute approximate surface area is 107 Å². The molecule has 0 heterocycles. The van der Waals surface area contributed by atoms with Gasteiger partial charge in [0, 0.05) is 17.0 Å². The van der Waals surface area contributed by atoms with Gasteiger partial charge in [0.2, 0.25) is 0 Å². The molecule has 1 saturated carbocycles. The van der Waals surface area contributed by atoms with E-state index in [-0.39, 0.29) is 12.0 Å². The van der Waals surface area contributed by atoms with E-state index < -0.39 is 0 Å². The molecule has 0 bridgehead atoms. The highest BCUT2D eigenvalue weighted by atomic mass is 35.5. The zero-order valence-corrected chi connectivity index (χ0v) is 10.8. The summed E-state index contributed by atoms with van der Waals surface area (Å²) in [5.41, 5.74) is 0.938. The topological polar surface area (TPSA) is 41.5 Å². The minimum Gasteiger partial charge on any atom is -0.495 e. The molecule has 1 aromatic carbocycles. The Hall–Kier alpha value is -0.930. The second-order valence-corrected chi connectivity index (χ2v) is 5.15. The first-order valence-electron chi connectivity index (χ1n) is 5.87. The van der Waals surface area contributed by atoms with Crippen LogP contribution in [0, 0.1) is 5.41 Å². The Morgan fingerprint density at radius 2 is 2.24 bits per heavy atom. The van der Waals surface area contributed by atoms with E-state index >= 15 is 0 Å². The Morgan fingerprint density at radius 3 is 2.76 bits per heavy atom. The van der Waals surface area contributed by atoms with Crippen molar-refractivity contribution in [1.82, 2.24) is 0 Å². The van der Waals surface area contributed by atoms with Crippen LogP contribution in [0.4, 0.5) is 5.69 Å². The maximum atomic E-state index is 9.40. The highest BCUT2D eigenvalue weighted by Gasteiger charge is 2.36. The monoisotopic (exact) mass is 255 g/mol. The lowest BCUT2D eigenvalue weighted by molar-refractivity contribution is 0.0576. The maximum Gasteiger partial charge on any atom is 0.142 e. The first kappa shape index (κ1) is 12.5. The molecule has 17 heavy (non-hydrogen) atoms. The highest BCUT2D eigenvalue weighted by molar-refractivity contribution is 6.30. The number of anilines is 1. The zero-order valence-electron chi connectivity index (χ0n) is 10.0. The summed E-state index contributed by atoms with van der Waals surface area (Å²) < 4.78 is 5.27. The number of methoxy groups -OCH3 is 1. The van der Waals surface area contributed by atoms with Gasteiger partial charge in [0.15, 0.2) is 0 Å². The molecule has 4 heteroatoms. The molecule has 0 amide bonds. The van der Waals surface area contributed by atoms with Crippen molar-refractivity contribution in [3.8, 4) is 5.75 Å². The molecule has 0 atom stereocenters. The van der Waals surface area contributed by atoms with Gasteiger partial charge in [0.25, 0.3) is 0 Å². The lowest BCUT2D eigenvalue weighted by Crippen LogP contribution is -2.39. The Balaban J connectivity index is 2.05. The predicted molar refractivity (Wildman–Crippen MR) is 69.9 cm³/mol. The van der Waals surface area contributed by atoms with Gasteiger partial charge in [-0.3, -0.25) is 0 Å². The third-order valence-electron chi connectivity index (χ3n) is 3.56. The molecule has 0 radical (unpaired) electrons. The number of halogens is 1. The smallest absolute Gasteiger partial charge is 0.142 e. The molecule has 2 N–H and O–H groups in total. The summed E-state index contributed by atoms with van der Waals surface area (Å²) in [7, 11) is 1.64. The second-order valence-electron chi connectivity index (χ2n) is 4.71. The van der Waals surface area contributed by atoms with Crippen molar-refractivity contribution in [1.29, 1.82) is 0 Å². The third kappa shape index (κ3) is 2.67. The van der Waals surface area contributed by atoms with Crippen LogP contribution in [0.1, 0.15) is 19.3 Å².